The Morgan fingerprint density at radius 1 is 1.21 bits per heavy atom. The van der Waals surface area contributed by atoms with Crippen molar-refractivity contribution < 1.29 is 13.4 Å². The summed E-state index contributed by atoms with van der Waals surface area (Å²) < 4.78 is 24.6. The maximum absolute atomic E-state index is 12.7. The first-order chi connectivity index (χ1) is 9.15. The van der Waals surface area contributed by atoms with Gasteiger partial charge < -0.3 is 0 Å². The van der Waals surface area contributed by atoms with E-state index in [1.807, 2.05) is 0 Å². The van der Waals surface area contributed by atoms with E-state index in [0.717, 1.165) is 5.75 Å². The number of carbonyl (C=O) groups is 1. The number of hydrogen-bond acceptors (Lipinski definition) is 2. The minimum atomic E-state index is -0.904. The van der Waals surface area contributed by atoms with Gasteiger partial charge in [-0.1, -0.05) is 12.8 Å². The third kappa shape index (κ3) is 4.53. The van der Waals surface area contributed by atoms with E-state index in [4.69, 9.17) is 0 Å². The first kappa shape index (κ1) is 14.4. The molecule has 1 atom stereocenters. The van der Waals surface area contributed by atoms with E-state index in [9.17, 15) is 13.4 Å². The van der Waals surface area contributed by atoms with Gasteiger partial charge in [0, 0.05) is 34.3 Å². The molecule has 0 heterocycles. The maximum atomic E-state index is 12.7. The predicted octanol–water partition coefficient (Wildman–Crippen LogP) is 3.34. The molecule has 1 fully saturated rings. The van der Waals surface area contributed by atoms with E-state index in [0.29, 0.717) is 17.2 Å². The van der Waals surface area contributed by atoms with Crippen LogP contribution in [-0.4, -0.2) is 21.5 Å². The third-order valence-electron chi connectivity index (χ3n) is 3.62. The highest BCUT2D eigenvalue weighted by Gasteiger charge is 2.18. The number of ketones is 1. The summed E-state index contributed by atoms with van der Waals surface area (Å²) in [6.07, 6.45) is 5.13. The molecular formula is C15H19FO2S. The van der Waals surface area contributed by atoms with Crippen molar-refractivity contribution >= 4 is 16.6 Å². The fourth-order valence-electron chi connectivity index (χ4n) is 2.51. The summed E-state index contributed by atoms with van der Waals surface area (Å²) >= 11 is 0. The van der Waals surface area contributed by atoms with E-state index in [1.165, 1.54) is 49.9 Å². The van der Waals surface area contributed by atoms with Gasteiger partial charge in [0.05, 0.1) is 0 Å². The van der Waals surface area contributed by atoms with Crippen LogP contribution in [0.15, 0.2) is 24.3 Å². The lowest BCUT2D eigenvalue weighted by Crippen LogP contribution is -2.13. The van der Waals surface area contributed by atoms with Gasteiger partial charge in [0.15, 0.2) is 5.78 Å². The Kier molecular flexibility index (Phi) is 5.25. The summed E-state index contributed by atoms with van der Waals surface area (Å²) in [4.78, 5) is 11.8. The first-order valence-electron chi connectivity index (χ1n) is 6.79. The van der Waals surface area contributed by atoms with Crippen molar-refractivity contribution in [2.75, 3.05) is 11.5 Å². The predicted molar refractivity (Wildman–Crippen MR) is 75.2 cm³/mol. The number of halogens is 1. The second-order valence-corrected chi connectivity index (χ2v) is 6.76. The minimum absolute atomic E-state index is 0.0558. The maximum Gasteiger partial charge on any atom is 0.163 e. The lowest BCUT2D eigenvalue weighted by molar-refractivity contribution is 0.0989. The topological polar surface area (TPSA) is 34.1 Å². The quantitative estimate of drug-likeness (QED) is 0.750. The van der Waals surface area contributed by atoms with Crippen molar-refractivity contribution in [1.82, 2.24) is 0 Å². The highest BCUT2D eigenvalue weighted by atomic mass is 32.2. The fraction of sp³-hybridized carbons (Fsp3) is 0.533. The van der Waals surface area contributed by atoms with Crippen LogP contribution in [-0.2, 0) is 10.8 Å². The SMILES string of the molecule is O=C(CCS(=O)CC1CCCC1)c1ccc(F)cc1. The van der Waals surface area contributed by atoms with Crippen molar-refractivity contribution in [2.45, 2.75) is 32.1 Å². The van der Waals surface area contributed by atoms with E-state index < -0.39 is 10.8 Å². The van der Waals surface area contributed by atoms with Gasteiger partial charge in [-0.2, -0.15) is 0 Å². The van der Waals surface area contributed by atoms with Crippen LogP contribution in [0.5, 0.6) is 0 Å². The largest absolute Gasteiger partial charge is 0.294 e. The first-order valence-corrected chi connectivity index (χ1v) is 8.27. The minimum Gasteiger partial charge on any atom is -0.294 e. The molecule has 2 nitrogen and oxygen atoms in total. The van der Waals surface area contributed by atoms with E-state index in [-0.39, 0.29) is 18.0 Å². The third-order valence-corrected chi connectivity index (χ3v) is 5.12. The summed E-state index contributed by atoms with van der Waals surface area (Å²) in [5.41, 5.74) is 0.499. The van der Waals surface area contributed by atoms with E-state index >= 15 is 0 Å². The molecule has 19 heavy (non-hydrogen) atoms. The normalized spacial score (nSPS) is 17.5. The van der Waals surface area contributed by atoms with E-state index in [1.54, 1.807) is 0 Å². The van der Waals surface area contributed by atoms with Crippen LogP contribution in [0.25, 0.3) is 0 Å². The van der Waals surface area contributed by atoms with Gasteiger partial charge in [-0.15, -0.1) is 0 Å². The number of rotatable bonds is 6. The molecule has 0 saturated heterocycles. The Labute approximate surface area is 115 Å². The molecule has 0 aliphatic heterocycles. The molecule has 0 N–H and O–H groups in total. The van der Waals surface area contributed by atoms with Crippen molar-refractivity contribution in [3.8, 4) is 0 Å². The summed E-state index contributed by atoms with van der Waals surface area (Å²) in [7, 11) is -0.904. The van der Waals surface area contributed by atoms with Crippen LogP contribution in [0.3, 0.4) is 0 Å². The highest BCUT2D eigenvalue weighted by Crippen LogP contribution is 2.25. The van der Waals surface area contributed by atoms with Gasteiger partial charge >= 0.3 is 0 Å². The van der Waals surface area contributed by atoms with Crippen LogP contribution < -0.4 is 0 Å². The van der Waals surface area contributed by atoms with Crippen LogP contribution in [0.4, 0.5) is 4.39 Å². The monoisotopic (exact) mass is 282 g/mol. The zero-order chi connectivity index (χ0) is 13.7. The second kappa shape index (κ2) is 6.94. The molecule has 1 aromatic rings. The Morgan fingerprint density at radius 2 is 1.84 bits per heavy atom. The Bertz CT molecular complexity index is 450. The molecule has 1 unspecified atom stereocenters. The second-order valence-electron chi connectivity index (χ2n) is 5.14. The van der Waals surface area contributed by atoms with Crippen LogP contribution >= 0.6 is 0 Å². The average molecular weight is 282 g/mol. The van der Waals surface area contributed by atoms with Crippen molar-refractivity contribution in [2.24, 2.45) is 5.92 Å². The van der Waals surface area contributed by atoms with Crippen molar-refractivity contribution in [1.29, 1.82) is 0 Å². The summed E-state index contributed by atoms with van der Waals surface area (Å²) in [6, 6.07) is 5.53. The number of Topliss-reactive ketones (excluding diaryl/α,β-unsaturated/α-hetero) is 1. The van der Waals surface area contributed by atoms with Gasteiger partial charge in [0.25, 0.3) is 0 Å². The molecule has 1 aliphatic carbocycles. The molecule has 1 aromatic carbocycles. The molecule has 0 radical (unpaired) electrons. The summed E-state index contributed by atoms with van der Waals surface area (Å²) in [5.74, 6) is 1.34. The molecule has 1 saturated carbocycles. The van der Waals surface area contributed by atoms with Gasteiger partial charge in [-0.25, -0.2) is 4.39 Å². The Hall–Kier alpha value is -1.03. The Morgan fingerprint density at radius 3 is 2.47 bits per heavy atom. The number of hydrogen-bond donors (Lipinski definition) is 0. The van der Waals surface area contributed by atoms with Gasteiger partial charge in [0.2, 0.25) is 0 Å². The molecule has 4 heteroatoms. The standard InChI is InChI=1S/C15H19FO2S/c16-14-7-5-13(6-8-14)15(17)9-10-19(18)11-12-3-1-2-4-12/h5-8,12H,1-4,9-11H2. The van der Waals surface area contributed by atoms with Crippen LogP contribution in [0, 0.1) is 11.7 Å². The van der Waals surface area contributed by atoms with Gasteiger partial charge in [-0.3, -0.25) is 9.00 Å². The van der Waals surface area contributed by atoms with Gasteiger partial charge in [-0.05, 0) is 43.0 Å². The summed E-state index contributed by atoms with van der Waals surface area (Å²) in [5, 5.41) is 0. The molecule has 0 aromatic heterocycles. The lowest BCUT2D eigenvalue weighted by Gasteiger charge is -2.08. The van der Waals surface area contributed by atoms with Crippen LogP contribution in [0.1, 0.15) is 42.5 Å². The van der Waals surface area contributed by atoms with Crippen molar-refractivity contribution in [3.63, 3.8) is 0 Å². The Balaban J connectivity index is 1.76. The van der Waals surface area contributed by atoms with Crippen molar-refractivity contribution in [3.05, 3.63) is 35.6 Å². The average Bonchev–Trinajstić information content (AvgIpc) is 2.89. The zero-order valence-electron chi connectivity index (χ0n) is 10.9. The fourth-order valence-corrected chi connectivity index (χ4v) is 3.95. The van der Waals surface area contributed by atoms with Crippen LogP contribution in [0.2, 0.25) is 0 Å². The molecule has 1 aliphatic rings. The highest BCUT2D eigenvalue weighted by molar-refractivity contribution is 7.85. The smallest absolute Gasteiger partial charge is 0.163 e. The van der Waals surface area contributed by atoms with E-state index in [2.05, 4.69) is 0 Å². The molecule has 0 amide bonds. The summed E-state index contributed by atoms with van der Waals surface area (Å²) in [6.45, 7) is 0. The molecule has 2 rings (SSSR count). The lowest BCUT2D eigenvalue weighted by atomic mass is 10.1. The molecule has 104 valence electrons. The molecule has 0 bridgehead atoms. The zero-order valence-corrected chi connectivity index (χ0v) is 11.8. The number of carbonyl (C=O) groups excluding carboxylic acids is 1. The number of benzene rings is 1. The molecular weight excluding hydrogens is 263 g/mol. The van der Waals surface area contributed by atoms with Gasteiger partial charge in [0.1, 0.15) is 5.82 Å². The molecule has 0 spiro atoms.